The van der Waals surface area contributed by atoms with Crippen molar-refractivity contribution >= 4 is 27.4 Å². The van der Waals surface area contributed by atoms with Crippen LogP contribution in [0.5, 0.6) is 5.75 Å². The van der Waals surface area contributed by atoms with Crippen molar-refractivity contribution in [3.8, 4) is 11.8 Å². The molecule has 3 aliphatic carbocycles. The van der Waals surface area contributed by atoms with Crippen LogP contribution in [0.15, 0.2) is 70.3 Å². The van der Waals surface area contributed by atoms with Crippen LogP contribution in [-0.2, 0) is 26.1 Å². The van der Waals surface area contributed by atoms with E-state index in [0.717, 1.165) is 0 Å². The van der Waals surface area contributed by atoms with Crippen molar-refractivity contribution in [3.05, 3.63) is 76.6 Å². The Labute approximate surface area is 218 Å². The second-order valence-corrected chi connectivity index (χ2v) is 11.4. The summed E-state index contributed by atoms with van der Waals surface area (Å²) in [5.74, 6) is -5.32. The fourth-order valence-electron chi connectivity index (χ4n) is 5.86. The number of hydrogen-bond donors (Lipinski definition) is 3. The van der Waals surface area contributed by atoms with Crippen LogP contribution in [0.25, 0.3) is 5.76 Å². The highest BCUT2D eigenvalue weighted by Gasteiger charge is 2.63. The normalized spacial score (nSPS) is 27.0. The summed E-state index contributed by atoms with van der Waals surface area (Å²) in [6.45, 7) is 0. The van der Waals surface area contributed by atoms with E-state index >= 15 is 0 Å². The minimum Gasteiger partial charge on any atom is -0.507 e. The number of carbonyl (C=O) groups is 2. The Morgan fingerprint density at radius 1 is 1.08 bits per heavy atom. The van der Waals surface area contributed by atoms with E-state index in [1.54, 1.807) is 38.4 Å². The molecule has 2 aromatic carbocycles. The maximum Gasteiger partial charge on any atom is 0.339 e. The fourth-order valence-corrected chi connectivity index (χ4v) is 6.82. The summed E-state index contributed by atoms with van der Waals surface area (Å²) in [7, 11) is -1.14. The third-order valence-electron chi connectivity index (χ3n) is 7.54. The van der Waals surface area contributed by atoms with Gasteiger partial charge >= 0.3 is 10.1 Å². The predicted molar refractivity (Wildman–Crippen MR) is 133 cm³/mol. The van der Waals surface area contributed by atoms with Crippen molar-refractivity contribution in [2.75, 3.05) is 14.1 Å². The first-order chi connectivity index (χ1) is 17.9. The Bertz CT molecular complexity index is 1590. The van der Waals surface area contributed by atoms with Gasteiger partial charge in [0.2, 0.25) is 5.78 Å². The second-order valence-electron chi connectivity index (χ2n) is 9.85. The molecule has 1 fully saturated rings. The zero-order valence-electron chi connectivity index (χ0n) is 20.5. The molecule has 0 aliphatic heterocycles. The summed E-state index contributed by atoms with van der Waals surface area (Å²) in [6.07, 6.45) is 0.214. The predicted octanol–water partition coefficient (Wildman–Crippen LogP) is 2.06. The van der Waals surface area contributed by atoms with E-state index < -0.39 is 62.3 Å². The van der Waals surface area contributed by atoms with Gasteiger partial charge in [-0.05, 0) is 56.6 Å². The lowest BCUT2D eigenvalue weighted by Crippen LogP contribution is -2.64. The highest BCUT2D eigenvalue weighted by molar-refractivity contribution is 7.87. The summed E-state index contributed by atoms with van der Waals surface area (Å²) in [5, 5.41) is 43.3. The van der Waals surface area contributed by atoms with Crippen molar-refractivity contribution in [1.82, 2.24) is 4.90 Å². The Balaban J connectivity index is 1.65. The van der Waals surface area contributed by atoms with Crippen molar-refractivity contribution in [2.45, 2.75) is 29.4 Å². The van der Waals surface area contributed by atoms with Gasteiger partial charge in [0, 0.05) is 11.5 Å². The Morgan fingerprint density at radius 3 is 2.39 bits per heavy atom. The lowest BCUT2D eigenvalue weighted by Gasteiger charge is -2.49. The molecule has 3 N–H and O–H groups in total. The van der Waals surface area contributed by atoms with Crippen LogP contribution in [0.1, 0.15) is 17.5 Å². The quantitative estimate of drug-likeness (QED) is 0.493. The number of carbonyl (C=O) groups excluding carboxylic acids is 2. The minimum atomic E-state index is -4.28. The lowest BCUT2D eigenvalue weighted by molar-refractivity contribution is -0.152. The number of aliphatic hydroxyl groups excluding tert-OH is 2. The number of aliphatic hydroxyl groups is 3. The number of rotatable bonds is 4. The molecule has 10 nitrogen and oxygen atoms in total. The molecule has 0 heterocycles. The Hall–Kier alpha value is -3.98. The lowest BCUT2D eigenvalue weighted by atomic mass is 9.57. The molecule has 0 radical (unpaired) electrons. The van der Waals surface area contributed by atoms with Gasteiger partial charge in [-0.15, -0.1) is 0 Å². The van der Waals surface area contributed by atoms with Crippen LogP contribution in [0.2, 0.25) is 0 Å². The molecule has 0 amide bonds. The maximum atomic E-state index is 13.8. The molecule has 5 rings (SSSR count). The second kappa shape index (κ2) is 8.80. The summed E-state index contributed by atoms with van der Waals surface area (Å²) in [6, 6.07) is 12.5. The summed E-state index contributed by atoms with van der Waals surface area (Å²) < 4.78 is 31.2. The largest absolute Gasteiger partial charge is 0.507 e. The van der Waals surface area contributed by atoms with Crippen LogP contribution >= 0.6 is 0 Å². The molecule has 38 heavy (non-hydrogen) atoms. The van der Waals surface area contributed by atoms with Crippen molar-refractivity contribution in [1.29, 1.82) is 5.26 Å². The Kier molecular flexibility index (Phi) is 5.94. The summed E-state index contributed by atoms with van der Waals surface area (Å²) in [5.41, 5.74) is -3.08. The van der Waals surface area contributed by atoms with Crippen molar-refractivity contribution < 1.29 is 37.5 Å². The maximum absolute atomic E-state index is 13.8. The van der Waals surface area contributed by atoms with E-state index in [4.69, 9.17) is 4.18 Å². The molecule has 0 bridgehead atoms. The van der Waals surface area contributed by atoms with Gasteiger partial charge in [-0.2, -0.15) is 13.7 Å². The van der Waals surface area contributed by atoms with E-state index in [1.807, 2.05) is 0 Å². The van der Waals surface area contributed by atoms with Gasteiger partial charge in [-0.25, -0.2) is 0 Å². The number of ketones is 2. The average molecular weight is 537 g/mol. The first kappa shape index (κ1) is 25.7. The van der Waals surface area contributed by atoms with E-state index in [0.29, 0.717) is 5.56 Å². The Morgan fingerprint density at radius 2 is 1.76 bits per heavy atom. The summed E-state index contributed by atoms with van der Waals surface area (Å²) >= 11 is 0. The number of fused-ring (bicyclic) bond motifs is 3. The zero-order valence-corrected chi connectivity index (χ0v) is 21.3. The molecule has 11 heteroatoms. The van der Waals surface area contributed by atoms with Gasteiger partial charge in [0.15, 0.2) is 22.9 Å². The topological polar surface area (TPSA) is 165 Å². The van der Waals surface area contributed by atoms with Gasteiger partial charge in [-0.1, -0.05) is 30.3 Å². The first-order valence-corrected chi connectivity index (χ1v) is 13.2. The molecule has 0 saturated heterocycles. The molecule has 3 aliphatic rings. The zero-order chi connectivity index (χ0) is 27.6. The van der Waals surface area contributed by atoms with E-state index in [-0.39, 0.29) is 34.6 Å². The number of benzene rings is 2. The third kappa shape index (κ3) is 3.56. The number of Topliss-reactive ketones (excluding diaryl/α,β-unsaturated/α-hetero) is 2. The van der Waals surface area contributed by atoms with Crippen LogP contribution in [0, 0.1) is 23.2 Å². The SMILES string of the molecule is CN(C)C1C(=O)C(C#N)=C(O)[C@@]2(O)C(=O)C3=C(O)c4c(cccc4OS(=O)(=O)c4ccccc4)C[C@H]3C[C@@H]12. The molecule has 196 valence electrons. The molecular weight excluding hydrogens is 512 g/mol. The first-order valence-electron chi connectivity index (χ1n) is 11.8. The third-order valence-corrected chi connectivity index (χ3v) is 8.79. The van der Waals surface area contributed by atoms with Crippen molar-refractivity contribution in [3.63, 3.8) is 0 Å². The number of nitrogens with zero attached hydrogens (tertiary/aromatic N) is 2. The van der Waals surface area contributed by atoms with E-state index in [1.165, 1.54) is 35.2 Å². The van der Waals surface area contributed by atoms with E-state index in [9.17, 15) is 38.6 Å². The van der Waals surface area contributed by atoms with Crippen molar-refractivity contribution in [2.24, 2.45) is 11.8 Å². The van der Waals surface area contributed by atoms with Crippen LogP contribution < -0.4 is 4.18 Å². The molecule has 4 atom stereocenters. The summed E-state index contributed by atoms with van der Waals surface area (Å²) in [4.78, 5) is 28.2. The molecular formula is C27H24N2O8S. The van der Waals surface area contributed by atoms with Gasteiger partial charge < -0.3 is 19.5 Å². The number of likely N-dealkylation sites (N-methyl/N-ethyl adjacent to an activating group) is 1. The average Bonchev–Trinajstić information content (AvgIpc) is 2.87. The standard InChI is InChI=1S/C27H24N2O8S/c1-29(2)22-18-12-15-11-14-7-6-10-19(37-38(35,36)16-8-4-3-5-9-16)20(14)24(31)21(15)26(33)27(18,34)25(32)17(13-28)23(22)30/h3-10,15,18,22,31-32,34H,11-12H2,1-2H3/t15-,18-,22?,27+/m0/s1. The van der Waals surface area contributed by atoms with Crippen LogP contribution in [0.4, 0.5) is 0 Å². The smallest absolute Gasteiger partial charge is 0.339 e. The molecule has 0 aromatic heterocycles. The highest BCUT2D eigenvalue weighted by Crippen LogP contribution is 2.52. The number of hydrogen-bond acceptors (Lipinski definition) is 10. The highest BCUT2D eigenvalue weighted by atomic mass is 32.2. The number of nitriles is 1. The monoisotopic (exact) mass is 536 g/mol. The van der Waals surface area contributed by atoms with Gasteiger partial charge in [0.25, 0.3) is 0 Å². The molecule has 0 spiro atoms. The fraction of sp³-hybridized carbons (Fsp3) is 0.296. The van der Waals surface area contributed by atoms with Gasteiger partial charge in [0.05, 0.1) is 11.6 Å². The molecule has 1 unspecified atom stereocenters. The van der Waals surface area contributed by atoms with Crippen LogP contribution in [0.3, 0.4) is 0 Å². The molecule has 2 aromatic rings. The molecule has 1 saturated carbocycles. The van der Waals surface area contributed by atoms with Gasteiger partial charge in [0.1, 0.15) is 22.3 Å². The minimum absolute atomic E-state index is 0.0197. The van der Waals surface area contributed by atoms with E-state index in [2.05, 4.69) is 0 Å². The van der Waals surface area contributed by atoms with Gasteiger partial charge in [-0.3, -0.25) is 14.5 Å². The van der Waals surface area contributed by atoms with Crippen LogP contribution in [-0.4, -0.2) is 65.9 Å².